The van der Waals surface area contributed by atoms with Crippen LogP contribution in [-0.4, -0.2) is 45.9 Å². The maximum Gasteiger partial charge on any atom is 0.260 e. The van der Waals surface area contributed by atoms with Gasteiger partial charge < -0.3 is 15.2 Å². The molecule has 4 rings (SSSR count). The lowest BCUT2D eigenvalue weighted by atomic mass is 10.0. The number of halogens is 1. The molecule has 2 heterocycles. The molecule has 0 saturated carbocycles. The van der Waals surface area contributed by atoms with Gasteiger partial charge in [-0.25, -0.2) is 4.68 Å². The second kappa shape index (κ2) is 9.41. The fourth-order valence-electron chi connectivity index (χ4n) is 3.95. The number of phenols is 1. The Morgan fingerprint density at radius 1 is 1.23 bits per heavy atom. The molecule has 0 aliphatic carbocycles. The molecule has 0 unspecified atom stereocenters. The molecule has 0 atom stereocenters. The zero-order chi connectivity index (χ0) is 21.8. The summed E-state index contributed by atoms with van der Waals surface area (Å²) < 4.78 is 7.20. The van der Waals surface area contributed by atoms with Crippen molar-refractivity contribution in [3.05, 3.63) is 70.9 Å². The average Bonchev–Trinajstić information content (AvgIpc) is 3.25. The molecule has 1 aliphatic rings. The van der Waals surface area contributed by atoms with Gasteiger partial charge in [-0.3, -0.25) is 9.69 Å². The summed E-state index contributed by atoms with van der Waals surface area (Å²) in [5.41, 5.74) is 1.56. The van der Waals surface area contributed by atoms with Crippen LogP contribution in [0.25, 0.3) is 0 Å². The van der Waals surface area contributed by atoms with E-state index in [1.54, 1.807) is 31.5 Å². The van der Waals surface area contributed by atoms with E-state index < -0.39 is 0 Å². The number of phenolic OH excluding ortho intramolecular Hbond substituents is 1. The maximum absolute atomic E-state index is 12.8. The molecule has 0 spiro atoms. The van der Waals surface area contributed by atoms with Gasteiger partial charge in [-0.2, -0.15) is 5.10 Å². The number of methoxy groups -OCH3 is 1. The predicted molar refractivity (Wildman–Crippen MR) is 120 cm³/mol. The Hall–Kier alpha value is -3.03. The van der Waals surface area contributed by atoms with Crippen LogP contribution >= 0.6 is 11.6 Å². The summed E-state index contributed by atoms with van der Waals surface area (Å²) in [6.45, 7) is 2.59. The van der Waals surface area contributed by atoms with Crippen molar-refractivity contribution in [2.75, 3.05) is 25.5 Å². The van der Waals surface area contributed by atoms with E-state index in [-0.39, 0.29) is 17.7 Å². The largest absolute Gasteiger partial charge is 0.506 e. The lowest BCUT2D eigenvalue weighted by Crippen LogP contribution is -2.35. The molecule has 0 bridgehead atoms. The van der Waals surface area contributed by atoms with Crippen LogP contribution in [0.15, 0.2) is 54.7 Å². The maximum atomic E-state index is 12.8. The number of amides is 1. The highest BCUT2D eigenvalue weighted by Gasteiger charge is 2.24. The Bertz CT molecular complexity index is 1060. The number of likely N-dealkylation sites (tertiary alicyclic amines) is 1. The van der Waals surface area contributed by atoms with Gasteiger partial charge in [-0.05, 0) is 42.7 Å². The van der Waals surface area contributed by atoms with Crippen LogP contribution in [0.2, 0.25) is 5.02 Å². The number of rotatable bonds is 6. The lowest BCUT2D eigenvalue weighted by Gasteiger charge is -2.32. The van der Waals surface area contributed by atoms with Crippen LogP contribution in [0.1, 0.15) is 34.8 Å². The molecular formula is C23H25ClN4O3. The number of ether oxygens (including phenoxy) is 1. The molecular weight excluding hydrogens is 416 g/mol. The third kappa shape index (κ3) is 4.84. The highest BCUT2D eigenvalue weighted by Crippen LogP contribution is 2.29. The molecule has 2 aromatic carbocycles. The molecule has 1 aliphatic heterocycles. The zero-order valence-electron chi connectivity index (χ0n) is 17.3. The summed E-state index contributed by atoms with van der Waals surface area (Å²) in [6.07, 6.45) is 3.55. The minimum absolute atomic E-state index is 0.102. The second-order valence-electron chi connectivity index (χ2n) is 7.61. The molecule has 1 saturated heterocycles. The Morgan fingerprint density at radius 2 is 2.00 bits per heavy atom. The number of hydrogen-bond donors (Lipinski definition) is 2. The van der Waals surface area contributed by atoms with Crippen molar-refractivity contribution in [2.24, 2.45) is 0 Å². The molecule has 8 heteroatoms. The number of benzene rings is 2. The summed E-state index contributed by atoms with van der Waals surface area (Å²) >= 11 is 6.02. The van der Waals surface area contributed by atoms with Crippen molar-refractivity contribution in [1.29, 1.82) is 0 Å². The van der Waals surface area contributed by atoms with E-state index in [1.807, 2.05) is 35.0 Å². The van der Waals surface area contributed by atoms with E-state index in [1.165, 1.54) is 0 Å². The molecule has 162 valence electrons. The number of hydrogen-bond acceptors (Lipinski definition) is 5. The standard InChI is InChI=1S/C23H25ClN4O3/c1-31-21-5-3-2-4-18(21)23(30)26-22-8-11-25-28(22)17-9-12-27(13-10-17)15-16-6-7-20(29)19(24)14-16/h2-8,11,14,17,29H,9-10,12-13,15H2,1H3,(H,26,30). The predicted octanol–water partition coefficient (Wildman–Crippen LogP) is 4.34. The fourth-order valence-corrected chi connectivity index (χ4v) is 4.15. The smallest absolute Gasteiger partial charge is 0.260 e. The summed E-state index contributed by atoms with van der Waals surface area (Å²) in [5.74, 6) is 1.10. The van der Waals surface area contributed by atoms with Crippen molar-refractivity contribution >= 4 is 23.3 Å². The van der Waals surface area contributed by atoms with Gasteiger partial charge in [-0.1, -0.05) is 29.8 Å². The summed E-state index contributed by atoms with van der Waals surface area (Å²) in [4.78, 5) is 15.1. The quantitative estimate of drug-likeness (QED) is 0.596. The minimum atomic E-state index is -0.221. The highest BCUT2D eigenvalue weighted by atomic mass is 35.5. The van der Waals surface area contributed by atoms with Crippen LogP contribution < -0.4 is 10.1 Å². The van der Waals surface area contributed by atoms with Crippen molar-refractivity contribution in [2.45, 2.75) is 25.4 Å². The van der Waals surface area contributed by atoms with Crippen LogP contribution in [0, 0.1) is 0 Å². The van der Waals surface area contributed by atoms with Crippen molar-refractivity contribution in [3.63, 3.8) is 0 Å². The topological polar surface area (TPSA) is 79.6 Å². The number of nitrogens with zero attached hydrogens (tertiary/aromatic N) is 3. The fraction of sp³-hybridized carbons (Fsp3) is 0.304. The molecule has 7 nitrogen and oxygen atoms in total. The Labute approximate surface area is 186 Å². The van der Waals surface area contributed by atoms with Crippen molar-refractivity contribution in [3.8, 4) is 11.5 Å². The van der Waals surface area contributed by atoms with E-state index >= 15 is 0 Å². The van der Waals surface area contributed by atoms with Gasteiger partial charge in [0.05, 0.1) is 29.9 Å². The number of carbonyl (C=O) groups is 1. The number of aromatic nitrogens is 2. The molecule has 0 radical (unpaired) electrons. The molecule has 2 N–H and O–H groups in total. The van der Waals surface area contributed by atoms with Gasteiger partial charge in [0.15, 0.2) is 0 Å². The molecule has 1 fully saturated rings. The molecule has 3 aromatic rings. The van der Waals surface area contributed by atoms with E-state index in [4.69, 9.17) is 16.3 Å². The van der Waals surface area contributed by atoms with Gasteiger partial charge in [0.2, 0.25) is 0 Å². The Balaban J connectivity index is 1.38. The van der Waals surface area contributed by atoms with Gasteiger partial charge in [0.25, 0.3) is 5.91 Å². The van der Waals surface area contributed by atoms with Gasteiger partial charge in [-0.15, -0.1) is 0 Å². The molecule has 1 aromatic heterocycles. The SMILES string of the molecule is COc1ccccc1C(=O)Nc1ccnn1C1CCN(Cc2ccc(O)c(Cl)c2)CC1. The second-order valence-corrected chi connectivity index (χ2v) is 8.02. The first kappa shape index (κ1) is 21.2. The third-order valence-electron chi connectivity index (χ3n) is 5.58. The number of aromatic hydroxyl groups is 1. The first-order valence-corrected chi connectivity index (χ1v) is 10.6. The lowest BCUT2D eigenvalue weighted by molar-refractivity contribution is 0.102. The average molecular weight is 441 g/mol. The van der Waals surface area contributed by atoms with Crippen LogP contribution in [0.4, 0.5) is 5.82 Å². The normalized spacial score (nSPS) is 15.0. The highest BCUT2D eigenvalue weighted by molar-refractivity contribution is 6.32. The van der Waals surface area contributed by atoms with Crippen molar-refractivity contribution < 1.29 is 14.6 Å². The van der Waals surface area contributed by atoms with E-state index in [0.717, 1.165) is 38.0 Å². The molecule has 31 heavy (non-hydrogen) atoms. The van der Waals surface area contributed by atoms with Gasteiger partial charge in [0, 0.05) is 25.7 Å². The van der Waals surface area contributed by atoms with E-state index in [9.17, 15) is 9.90 Å². The number of para-hydroxylation sites is 1. The number of anilines is 1. The van der Waals surface area contributed by atoms with Crippen LogP contribution in [0.5, 0.6) is 11.5 Å². The summed E-state index contributed by atoms with van der Waals surface area (Å²) in [5, 5.41) is 17.4. The number of nitrogens with one attached hydrogen (secondary N) is 1. The summed E-state index contributed by atoms with van der Waals surface area (Å²) in [6, 6.07) is 14.5. The van der Waals surface area contributed by atoms with Crippen LogP contribution in [-0.2, 0) is 6.54 Å². The van der Waals surface area contributed by atoms with Crippen LogP contribution in [0.3, 0.4) is 0 Å². The monoisotopic (exact) mass is 440 g/mol. The Kier molecular flexibility index (Phi) is 6.44. The Morgan fingerprint density at radius 3 is 2.74 bits per heavy atom. The number of carbonyl (C=O) groups excluding carboxylic acids is 1. The van der Waals surface area contributed by atoms with Gasteiger partial charge >= 0.3 is 0 Å². The van der Waals surface area contributed by atoms with E-state index in [2.05, 4.69) is 15.3 Å². The van der Waals surface area contributed by atoms with Crippen molar-refractivity contribution in [1.82, 2.24) is 14.7 Å². The minimum Gasteiger partial charge on any atom is -0.506 e. The van der Waals surface area contributed by atoms with E-state index in [0.29, 0.717) is 22.2 Å². The first-order valence-electron chi connectivity index (χ1n) is 10.2. The summed E-state index contributed by atoms with van der Waals surface area (Å²) in [7, 11) is 1.55. The zero-order valence-corrected chi connectivity index (χ0v) is 18.0. The first-order chi connectivity index (χ1) is 15.0. The number of piperidine rings is 1. The molecule has 1 amide bonds. The van der Waals surface area contributed by atoms with Gasteiger partial charge in [0.1, 0.15) is 17.3 Å². The third-order valence-corrected chi connectivity index (χ3v) is 5.89.